The molecule has 0 bridgehead atoms. The van der Waals surface area contributed by atoms with Crippen molar-refractivity contribution in [1.29, 1.82) is 0 Å². The van der Waals surface area contributed by atoms with Crippen LogP contribution in [0.15, 0.2) is 61.4 Å². The van der Waals surface area contributed by atoms with E-state index in [1.807, 2.05) is 4.68 Å². The quantitative estimate of drug-likeness (QED) is 0.347. The molecule has 2 amide bonds. The van der Waals surface area contributed by atoms with Crippen LogP contribution < -0.4 is 11.1 Å². The maximum Gasteiger partial charge on any atom is 0.256 e. The number of hydrogen-bond acceptors (Lipinski definition) is 6. The molecule has 1 aromatic carbocycles. The monoisotopic (exact) mass is 535 g/mol. The number of carbonyl (C=O) groups excluding carboxylic acids is 2. The van der Waals surface area contributed by atoms with Crippen molar-refractivity contribution in [2.45, 2.75) is 18.9 Å². The third-order valence-electron chi connectivity index (χ3n) is 6.33. The van der Waals surface area contributed by atoms with E-state index in [4.69, 9.17) is 34.0 Å². The summed E-state index contributed by atoms with van der Waals surface area (Å²) >= 11 is 13.3. The van der Waals surface area contributed by atoms with Crippen LogP contribution >= 0.6 is 23.2 Å². The Labute approximate surface area is 222 Å². The summed E-state index contributed by atoms with van der Waals surface area (Å²) in [5, 5.41) is 8.88. The second-order valence-corrected chi connectivity index (χ2v) is 9.47. The number of benzene rings is 1. The van der Waals surface area contributed by atoms with Gasteiger partial charge in [0.05, 0.1) is 33.2 Å². The molecule has 1 aliphatic rings. The lowest BCUT2D eigenvalue weighted by Crippen LogP contribution is -2.40. The van der Waals surface area contributed by atoms with E-state index in [-0.39, 0.29) is 23.7 Å². The number of pyridine rings is 2. The van der Waals surface area contributed by atoms with Crippen molar-refractivity contribution in [2.75, 3.05) is 24.1 Å². The lowest BCUT2D eigenvalue weighted by Gasteiger charge is -2.32. The van der Waals surface area contributed by atoms with E-state index in [0.29, 0.717) is 56.7 Å². The Balaban J connectivity index is 1.55. The van der Waals surface area contributed by atoms with Gasteiger partial charge in [0.1, 0.15) is 17.3 Å². The van der Waals surface area contributed by atoms with Gasteiger partial charge in [-0.25, -0.2) is 9.97 Å². The number of carbonyl (C=O) groups is 2. The predicted octanol–water partition coefficient (Wildman–Crippen LogP) is 4.98. The number of nitrogens with two attached hydrogens (primary N) is 1. The highest BCUT2D eigenvalue weighted by molar-refractivity contribution is 6.37. The van der Waals surface area contributed by atoms with Crippen LogP contribution in [0.2, 0.25) is 10.0 Å². The van der Waals surface area contributed by atoms with Gasteiger partial charge in [-0.3, -0.25) is 14.3 Å². The van der Waals surface area contributed by atoms with Gasteiger partial charge in [0.15, 0.2) is 0 Å². The average molecular weight is 536 g/mol. The minimum Gasteiger partial charge on any atom is -0.383 e. The van der Waals surface area contributed by atoms with Crippen molar-refractivity contribution < 1.29 is 9.59 Å². The Morgan fingerprint density at radius 3 is 2.73 bits per heavy atom. The van der Waals surface area contributed by atoms with Gasteiger partial charge in [-0.05, 0) is 43.2 Å². The zero-order valence-electron chi connectivity index (χ0n) is 19.7. The molecule has 0 aliphatic carbocycles. The highest BCUT2D eigenvalue weighted by Crippen LogP contribution is 2.40. The van der Waals surface area contributed by atoms with E-state index in [2.05, 4.69) is 21.9 Å². The first-order valence-electron chi connectivity index (χ1n) is 11.6. The van der Waals surface area contributed by atoms with Gasteiger partial charge in [-0.1, -0.05) is 41.9 Å². The molecule has 1 atom stereocenters. The maximum atomic E-state index is 12.7. The molecule has 37 heavy (non-hydrogen) atoms. The molecule has 1 fully saturated rings. The molecule has 1 saturated heterocycles. The van der Waals surface area contributed by atoms with Crippen molar-refractivity contribution in [1.82, 2.24) is 24.6 Å². The van der Waals surface area contributed by atoms with Crippen molar-refractivity contribution in [3.05, 3.63) is 77.1 Å². The van der Waals surface area contributed by atoms with Gasteiger partial charge in [-0.15, -0.1) is 0 Å². The summed E-state index contributed by atoms with van der Waals surface area (Å²) in [6.45, 7) is 4.71. The van der Waals surface area contributed by atoms with Gasteiger partial charge < -0.3 is 16.0 Å². The molecule has 4 heterocycles. The third-order valence-corrected chi connectivity index (χ3v) is 6.92. The van der Waals surface area contributed by atoms with Crippen molar-refractivity contribution >= 4 is 57.6 Å². The minimum atomic E-state index is -0.346. The van der Waals surface area contributed by atoms with E-state index in [1.165, 1.54) is 12.3 Å². The number of fused-ring (bicyclic) bond motifs is 1. The fourth-order valence-electron chi connectivity index (χ4n) is 4.57. The summed E-state index contributed by atoms with van der Waals surface area (Å²) in [4.78, 5) is 35.1. The number of aromatic nitrogens is 4. The van der Waals surface area contributed by atoms with Crippen molar-refractivity contribution in [3.8, 4) is 11.3 Å². The Kier molecular flexibility index (Phi) is 6.82. The largest absolute Gasteiger partial charge is 0.383 e. The summed E-state index contributed by atoms with van der Waals surface area (Å²) < 4.78 is 1.81. The maximum absolute atomic E-state index is 12.7. The normalized spacial score (nSPS) is 15.5. The molecule has 5 rings (SSSR count). The van der Waals surface area contributed by atoms with E-state index >= 15 is 0 Å². The summed E-state index contributed by atoms with van der Waals surface area (Å²) in [5.41, 5.74) is 8.35. The van der Waals surface area contributed by atoms with E-state index in [1.54, 1.807) is 47.5 Å². The van der Waals surface area contributed by atoms with E-state index < -0.39 is 0 Å². The number of hydrogen-bond donors (Lipinski definition) is 2. The Hall–Kier alpha value is -3.95. The van der Waals surface area contributed by atoms with Crippen molar-refractivity contribution in [2.24, 2.45) is 0 Å². The number of rotatable bonds is 5. The third kappa shape index (κ3) is 4.75. The number of nitrogens with one attached hydrogen (secondary N) is 1. The molecule has 0 spiro atoms. The first-order valence-corrected chi connectivity index (χ1v) is 12.4. The molecule has 1 aliphatic heterocycles. The highest BCUT2D eigenvalue weighted by Gasteiger charge is 2.29. The average Bonchev–Trinajstić information content (AvgIpc) is 3.32. The van der Waals surface area contributed by atoms with Crippen LogP contribution in [0.3, 0.4) is 0 Å². The number of anilines is 2. The minimum absolute atomic E-state index is 0.128. The van der Waals surface area contributed by atoms with Gasteiger partial charge in [0.2, 0.25) is 5.91 Å². The standard InChI is InChI=1S/C26H23Cl2N7O2/c1-2-21(36)34-11-5-6-16(14-34)35-24-19(28)13-31-25(29)22(24)23(33-35)17-9-8-15(12-18(17)27)26(37)32-20-7-3-4-10-30-20/h2-4,7-10,12-13,16H,1,5-6,11,14H2,(H2,29,31)(H,30,32,37)/t16-/m1/s1. The second-order valence-electron chi connectivity index (χ2n) is 8.66. The fourth-order valence-corrected chi connectivity index (χ4v) is 5.07. The number of likely N-dealkylation sites (tertiary alicyclic amines) is 1. The zero-order valence-corrected chi connectivity index (χ0v) is 21.2. The Bertz CT molecular complexity index is 1520. The van der Waals surface area contributed by atoms with Crippen LogP contribution in [0.5, 0.6) is 0 Å². The van der Waals surface area contributed by atoms with Crippen LogP contribution in [-0.2, 0) is 4.79 Å². The van der Waals surface area contributed by atoms with Crippen LogP contribution in [0.1, 0.15) is 29.2 Å². The van der Waals surface area contributed by atoms with E-state index in [0.717, 1.165) is 12.8 Å². The van der Waals surface area contributed by atoms with Crippen molar-refractivity contribution in [3.63, 3.8) is 0 Å². The number of piperidine rings is 1. The molecule has 3 N–H and O–H groups in total. The number of nitrogen functional groups attached to an aromatic ring is 1. The van der Waals surface area contributed by atoms with Gasteiger partial charge in [0, 0.05) is 30.4 Å². The summed E-state index contributed by atoms with van der Waals surface area (Å²) in [6, 6.07) is 10.1. The molecule has 3 aromatic heterocycles. The van der Waals surface area contributed by atoms with Gasteiger partial charge in [-0.2, -0.15) is 5.10 Å². The van der Waals surface area contributed by atoms with Crippen LogP contribution in [-0.4, -0.2) is 49.6 Å². The predicted molar refractivity (Wildman–Crippen MR) is 145 cm³/mol. The Morgan fingerprint density at radius 2 is 2.00 bits per heavy atom. The molecule has 9 nitrogen and oxygen atoms in total. The van der Waals surface area contributed by atoms with Crippen LogP contribution in [0, 0.1) is 0 Å². The number of halogens is 2. The molecule has 0 radical (unpaired) electrons. The molecular weight excluding hydrogens is 513 g/mol. The van der Waals surface area contributed by atoms with Crippen LogP contribution in [0.25, 0.3) is 22.2 Å². The number of nitrogens with zero attached hydrogens (tertiary/aromatic N) is 5. The SMILES string of the molecule is C=CC(=O)N1CCC[C@@H](n2nc(-c3ccc(C(=O)Nc4ccccn4)cc3Cl)c3c(N)ncc(Cl)c32)C1. The second kappa shape index (κ2) is 10.2. The molecule has 11 heteroatoms. The smallest absolute Gasteiger partial charge is 0.256 e. The molecule has 4 aromatic rings. The van der Waals surface area contributed by atoms with Gasteiger partial charge in [0.25, 0.3) is 5.91 Å². The topological polar surface area (TPSA) is 119 Å². The zero-order chi connectivity index (χ0) is 26.1. The van der Waals surface area contributed by atoms with E-state index in [9.17, 15) is 9.59 Å². The Morgan fingerprint density at radius 1 is 1.16 bits per heavy atom. The highest BCUT2D eigenvalue weighted by atomic mass is 35.5. The fraction of sp³-hybridized carbons (Fsp3) is 0.192. The first-order chi connectivity index (χ1) is 17.9. The van der Waals surface area contributed by atoms with Gasteiger partial charge >= 0.3 is 0 Å². The molecule has 0 saturated carbocycles. The molecule has 188 valence electrons. The summed E-state index contributed by atoms with van der Waals surface area (Å²) in [7, 11) is 0. The molecule has 0 unspecified atom stereocenters. The lowest BCUT2D eigenvalue weighted by molar-refractivity contribution is -0.127. The number of amides is 2. The summed E-state index contributed by atoms with van der Waals surface area (Å²) in [5.74, 6) is 0.211. The molecular formula is C26H23Cl2N7O2. The lowest BCUT2D eigenvalue weighted by atomic mass is 10.0. The first kappa shape index (κ1) is 24.7. The summed E-state index contributed by atoms with van der Waals surface area (Å²) in [6.07, 6.45) is 6.00. The van der Waals surface area contributed by atoms with Crippen LogP contribution in [0.4, 0.5) is 11.6 Å².